The summed E-state index contributed by atoms with van der Waals surface area (Å²) in [6.07, 6.45) is 8.41. The molecule has 4 nitrogen and oxygen atoms in total. The number of aryl methyl sites for hydroxylation is 1. The molecule has 4 heteroatoms. The highest BCUT2D eigenvalue weighted by Gasteiger charge is 2.20. The molecule has 1 atom stereocenters. The zero-order chi connectivity index (χ0) is 14.9. The van der Waals surface area contributed by atoms with Gasteiger partial charge >= 0.3 is 0 Å². The van der Waals surface area contributed by atoms with Gasteiger partial charge in [0.25, 0.3) is 0 Å². The van der Waals surface area contributed by atoms with Crippen LogP contribution in [-0.2, 0) is 19.5 Å². The van der Waals surface area contributed by atoms with Crippen molar-refractivity contribution in [3.63, 3.8) is 0 Å². The lowest BCUT2D eigenvalue weighted by Crippen LogP contribution is -2.31. The van der Waals surface area contributed by atoms with Gasteiger partial charge in [0.05, 0.1) is 0 Å². The minimum atomic E-state index is 0.717. The van der Waals surface area contributed by atoms with Crippen LogP contribution in [0.15, 0.2) is 42.9 Å². The molecule has 1 N–H and O–H groups in total. The predicted molar refractivity (Wildman–Crippen MR) is 88.7 cm³/mol. The molecule has 1 aliphatic rings. The van der Waals surface area contributed by atoms with Crippen molar-refractivity contribution in [3.05, 3.63) is 54.2 Å². The van der Waals surface area contributed by atoms with Gasteiger partial charge in [0.15, 0.2) is 0 Å². The molecule has 2 aromatic heterocycles. The van der Waals surface area contributed by atoms with E-state index < -0.39 is 0 Å². The zero-order valence-electron chi connectivity index (χ0n) is 13.0. The fraction of sp³-hybridized carbons (Fsp3) is 0.389. The maximum absolute atomic E-state index is 4.41. The monoisotopic (exact) mass is 294 g/mol. The summed E-state index contributed by atoms with van der Waals surface area (Å²) in [5, 5.41) is 1.30. The first-order valence-corrected chi connectivity index (χ1v) is 8.03. The van der Waals surface area contributed by atoms with Crippen LogP contribution in [0.3, 0.4) is 0 Å². The van der Waals surface area contributed by atoms with E-state index in [0.29, 0.717) is 0 Å². The van der Waals surface area contributed by atoms with Gasteiger partial charge < -0.3 is 14.5 Å². The molecule has 0 saturated heterocycles. The Kier molecular flexibility index (Phi) is 3.47. The molecule has 114 valence electrons. The predicted octanol–water partition coefficient (Wildman–Crippen LogP) is 3.06. The van der Waals surface area contributed by atoms with E-state index in [9.17, 15) is 0 Å². The zero-order valence-corrected chi connectivity index (χ0v) is 13.0. The van der Waals surface area contributed by atoms with E-state index in [1.807, 2.05) is 12.4 Å². The van der Waals surface area contributed by atoms with E-state index in [1.54, 1.807) is 0 Å². The molecule has 0 saturated carbocycles. The van der Waals surface area contributed by atoms with E-state index in [2.05, 4.69) is 56.9 Å². The van der Waals surface area contributed by atoms with Gasteiger partial charge in [-0.3, -0.25) is 0 Å². The smallest absolute Gasteiger partial charge is 0.108 e. The Hall–Kier alpha value is -2.07. The standard InChI is InChI=1S/C18H22N4/c1-21(11-14-5-6-17-19-9-10-22(17)12-14)13-16-4-2-3-15-7-8-20-18(15)16/h2-4,7-10,14,20H,5-6,11-13H2,1H3/t14-/m0/s1. The number of rotatable bonds is 4. The first-order chi connectivity index (χ1) is 10.8. The van der Waals surface area contributed by atoms with Crippen LogP contribution in [0.2, 0.25) is 0 Å². The summed E-state index contributed by atoms with van der Waals surface area (Å²) in [5.41, 5.74) is 2.65. The van der Waals surface area contributed by atoms with Gasteiger partial charge in [-0.25, -0.2) is 4.98 Å². The molecule has 0 fully saturated rings. The van der Waals surface area contributed by atoms with Crippen LogP contribution < -0.4 is 0 Å². The third-order valence-electron chi connectivity index (χ3n) is 4.72. The lowest BCUT2D eigenvalue weighted by Gasteiger charge is -2.28. The first-order valence-electron chi connectivity index (χ1n) is 8.03. The van der Waals surface area contributed by atoms with E-state index in [1.165, 1.54) is 28.7 Å². The molecule has 22 heavy (non-hydrogen) atoms. The van der Waals surface area contributed by atoms with E-state index in [-0.39, 0.29) is 0 Å². The number of nitrogens with one attached hydrogen (secondary N) is 1. The molecular formula is C18H22N4. The van der Waals surface area contributed by atoms with Crippen molar-refractivity contribution in [1.29, 1.82) is 0 Å². The van der Waals surface area contributed by atoms with Crippen LogP contribution in [0.5, 0.6) is 0 Å². The second-order valence-electron chi connectivity index (χ2n) is 6.46. The lowest BCUT2D eigenvalue weighted by molar-refractivity contribution is 0.229. The molecule has 3 aromatic rings. The number of hydrogen-bond donors (Lipinski definition) is 1. The molecule has 0 bridgehead atoms. The van der Waals surface area contributed by atoms with Crippen molar-refractivity contribution in [2.24, 2.45) is 5.92 Å². The Labute approximate surface area is 130 Å². The second kappa shape index (κ2) is 5.61. The summed E-state index contributed by atoms with van der Waals surface area (Å²) < 4.78 is 2.31. The Morgan fingerprint density at radius 2 is 2.32 bits per heavy atom. The number of para-hydroxylation sites is 1. The summed E-state index contributed by atoms with van der Waals surface area (Å²) in [6.45, 7) is 3.23. The largest absolute Gasteiger partial charge is 0.361 e. The molecule has 0 spiro atoms. The fourth-order valence-corrected chi connectivity index (χ4v) is 3.66. The number of fused-ring (bicyclic) bond motifs is 2. The van der Waals surface area contributed by atoms with Crippen molar-refractivity contribution in [2.75, 3.05) is 13.6 Å². The average Bonchev–Trinajstić information content (AvgIpc) is 3.15. The maximum atomic E-state index is 4.41. The first kappa shape index (κ1) is 13.6. The number of hydrogen-bond acceptors (Lipinski definition) is 2. The van der Waals surface area contributed by atoms with Gasteiger partial charge in [-0.2, -0.15) is 0 Å². The molecule has 0 aliphatic carbocycles. The van der Waals surface area contributed by atoms with Gasteiger partial charge in [0, 0.05) is 50.2 Å². The summed E-state index contributed by atoms with van der Waals surface area (Å²) in [5.74, 6) is 1.96. The minimum absolute atomic E-state index is 0.717. The number of imidazole rings is 1. The van der Waals surface area contributed by atoms with E-state index in [0.717, 1.165) is 32.0 Å². The molecule has 0 amide bonds. The van der Waals surface area contributed by atoms with Crippen molar-refractivity contribution >= 4 is 10.9 Å². The molecule has 1 aromatic carbocycles. The number of benzene rings is 1. The normalized spacial score (nSPS) is 18.0. The van der Waals surface area contributed by atoms with Crippen LogP contribution in [0, 0.1) is 5.92 Å². The number of nitrogens with zero attached hydrogens (tertiary/aromatic N) is 3. The Morgan fingerprint density at radius 1 is 1.36 bits per heavy atom. The summed E-state index contributed by atoms with van der Waals surface area (Å²) >= 11 is 0. The van der Waals surface area contributed by atoms with Crippen molar-refractivity contribution < 1.29 is 0 Å². The highest BCUT2D eigenvalue weighted by atomic mass is 15.1. The SMILES string of the molecule is CN(Cc1cccc2cc[nH]c12)C[C@@H]1CCc2nccn2C1. The number of aromatic nitrogens is 3. The molecule has 0 radical (unpaired) electrons. The summed E-state index contributed by atoms with van der Waals surface area (Å²) in [6, 6.07) is 8.68. The summed E-state index contributed by atoms with van der Waals surface area (Å²) in [4.78, 5) is 10.2. The molecular weight excluding hydrogens is 272 g/mol. The van der Waals surface area contributed by atoms with E-state index in [4.69, 9.17) is 0 Å². The van der Waals surface area contributed by atoms with Crippen LogP contribution in [0.25, 0.3) is 10.9 Å². The average molecular weight is 294 g/mol. The lowest BCUT2D eigenvalue weighted by atomic mass is 9.98. The molecule has 4 rings (SSSR count). The van der Waals surface area contributed by atoms with Gasteiger partial charge in [-0.1, -0.05) is 18.2 Å². The van der Waals surface area contributed by atoms with Crippen LogP contribution in [-0.4, -0.2) is 33.0 Å². The molecule has 0 unspecified atom stereocenters. The van der Waals surface area contributed by atoms with Crippen molar-refractivity contribution in [2.45, 2.75) is 25.9 Å². The Morgan fingerprint density at radius 3 is 3.27 bits per heavy atom. The number of H-pyrrole nitrogens is 1. The maximum Gasteiger partial charge on any atom is 0.108 e. The number of aromatic amines is 1. The van der Waals surface area contributed by atoms with Gasteiger partial charge in [0.2, 0.25) is 0 Å². The third-order valence-corrected chi connectivity index (χ3v) is 4.72. The van der Waals surface area contributed by atoms with E-state index >= 15 is 0 Å². The Bertz CT molecular complexity index is 770. The van der Waals surface area contributed by atoms with Gasteiger partial charge in [-0.05, 0) is 36.4 Å². The van der Waals surface area contributed by atoms with Crippen molar-refractivity contribution in [1.82, 2.24) is 19.4 Å². The van der Waals surface area contributed by atoms with Crippen LogP contribution in [0.1, 0.15) is 17.8 Å². The van der Waals surface area contributed by atoms with Crippen molar-refractivity contribution in [3.8, 4) is 0 Å². The second-order valence-corrected chi connectivity index (χ2v) is 6.46. The third kappa shape index (κ3) is 2.55. The summed E-state index contributed by atoms with van der Waals surface area (Å²) in [7, 11) is 2.23. The van der Waals surface area contributed by atoms with Crippen LogP contribution >= 0.6 is 0 Å². The highest BCUT2D eigenvalue weighted by molar-refractivity contribution is 5.82. The van der Waals surface area contributed by atoms with Crippen LogP contribution in [0.4, 0.5) is 0 Å². The van der Waals surface area contributed by atoms with Gasteiger partial charge in [-0.15, -0.1) is 0 Å². The molecule has 3 heterocycles. The molecule has 1 aliphatic heterocycles. The minimum Gasteiger partial charge on any atom is -0.361 e. The van der Waals surface area contributed by atoms with Gasteiger partial charge in [0.1, 0.15) is 5.82 Å². The Balaban J connectivity index is 1.43. The quantitative estimate of drug-likeness (QED) is 0.803. The highest BCUT2D eigenvalue weighted by Crippen LogP contribution is 2.22. The fourth-order valence-electron chi connectivity index (χ4n) is 3.66. The topological polar surface area (TPSA) is 36.9 Å².